The number of hydrogen-bond donors (Lipinski definition) is 0. The van der Waals surface area contributed by atoms with Crippen LogP contribution in [0.4, 0.5) is 0 Å². The smallest absolute Gasteiger partial charge is 0.179 e. The molecule has 0 radical (unpaired) electrons. The van der Waals surface area contributed by atoms with E-state index in [0.717, 1.165) is 6.42 Å². The van der Waals surface area contributed by atoms with Crippen LogP contribution in [0.5, 0.6) is 0 Å². The van der Waals surface area contributed by atoms with Crippen LogP contribution in [-0.4, -0.2) is 19.5 Å². The third-order valence-electron chi connectivity index (χ3n) is 4.96. The Kier molecular flexibility index (Phi) is 9.01. The van der Waals surface area contributed by atoms with E-state index in [1.807, 2.05) is 0 Å². The summed E-state index contributed by atoms with van der Waals surface area (Å²) in [6.45, 7) is 11.6. The van der Waals surface area contributed by atoms with Gasteiger partial charge >= 0.3 is 0 Å². The van der Waals surface area contributed by atoms with E-state index in [9.17, 15) is 0 Å². The van der Waals surface area contributed by atoms with Crippen molar-refractivity contribution in [1.82, 2.24) is 0 Å². The Balaban J connectivity index is 3.08. The SMILES string of the molecule is CCCCCCCC(c1ccccc1)C(OC)(OCC)C(C)(C)C. The van der Waals surface area contributed by atoms with Crippen LogP contribution < -0.4 is 0 Å². The average molecular weight is 335 g/mol. The maximum atomic E-state index is 6.32. The summed E-state index contributed by atoms with van der Waals surface area (Å²) in [7, 11) is 1.80. The molecule has 0 heterocycles. The van der Waals surface area contributed by atoms with Crippen molar-refractivity contribution in [2.75, 3.05) is 13.7 Å². The van der Waals surface area contributed by atoms with Crippen molar-refractivity contribution in [3.8, 4) is 0 Å². The molecule has 0 bridgehead atoms. The van der Waals surface area contributed by atoms with Gasteiger partial charge in [-0.15, -0.1) is 0 Å². The van der Waals surface area contributed by atoms with E-state index >= 15 is 0 Å². The molecule has 24 heavy (non-hydrogen) atoms. The van der Waals surface area contributed by atoms with Crippen molar-refractivity contribution in [3.63, 3.8) is 0 Å². The van der Waals surface area contributed by atoms with Gasteiger partial charge in [0.25, 0.3) is 0 Å². The molecule has 0 spiro atoms. The summed E-state index contributed by atoms with van der Waals surface area (Å²) in [5.41, 5.74) is 1.21. The summed E-state index contributed by atoms with van der Waals surface area (Å²) in [5.74, 6) is -0.362. The van der Waals surface area contributed by atoms with Crippen molar-refractivity contribution >= 4 is 0 Å². The van der Waals surface area contributed by atoms with Crippen LogP contribution >= 0.6 is 0 Å². The molecule has 0 saturated heterocycles. The minimum Gasteiger partial charge on any atom is -0.352 e. The molecule has 2 atom stereocenters. The predicted molar refractivity (Wildman–Crippen MR) is 103 cm³/mol. The number of ether oxygens (including phenoxy) is 2. The molecule has 0 amide bonds. The molecule has 2 nitrogen and oxygen atoms in total. The van der Waals surface area contributed by atoms with Crippen LogP contribution in [-0.2, 0) is 9.47 Å². The molecule has 2 unspecified atom stereocenters. The molecular formula is C22H38O2. The van der Waals surface area contributed by atoms with Gasteiger partial charge in [-0.3, -0.25) is 0 Å². The standard InChI is InChI=1S/C22H38O2/c1-7-9-10-11-15-18-20(19-16-13-12-14-17-19)22(23-6,24-8-2)21(3,4)5/h12-14,16-17,20H,7-11,15,18H2,1-6H3. The molecule has 0 N–H and O–H groups in total. The Hall–Kier alpha value is -0.860. The summed E-state index contributed by atoms with van der Waals surface area (Å²) >= 11 is 0. The highest BCUT2D eigenvalue weighted by molar-refractivity contribution is 5.23. The number of rotatable bonds is 11. The molecule has 0 fully saturated rings. The largest absolute Gasteiger partial charge is 0.352 e. The van der Waals surface area contributed by atoms with Crippen molar-refractivity contribution in [3.05, 3.63) is 35.9 Å². The molecule has 0 aromatic heterocycles. The van der Waals surface area contributed by atoms with E-state index in [2.05, 4.69) is 65.0 Å². The Bertz CT molecular complexity index is 435. The minimum absolute atomic E-state index is 0.109. The molecule has 0 aliphatic heterocycles. The summed E-state index contributed by atoms with van der Waals surface area (Å²) in [4.78, 5) is 0. The third kappa shape index (κ3) is 5.32. The summed E-state index contributed by atoms with van der Waals surface area (Å²) in [6.07, 6.45) is 7.53. The second-order valence-electron chi connectivity index (χ2n) is 7.72. The van der Waals surface area contributed by atoms with Crippen molar-refractivity contribution < 1.29 is 9.47 Å². The molecule has 0 saturated carbocycles. The Morgan fingerprint density at radius 2 is 1.54 bits per heavy atom. The fourth-order valence-corrected chi connectivity index (χ4v) is 3.78. The number of unbranched alkanes of at least 4 members (excludes halogenated alkanes) is 4. The van der Waals surface area contributed by atoms with Crippen LogP contribution in [0.3, 0.4) is 0 Å². The fourth-order valence-electron chi connectivity index (χ4n) is 3.78. The van der Waals surface area contributed by atoms with E-state index in [-0.39, 0.29) is 11.3 Å². The van der Waals surface area contributed by atoms with Gasteiger partial charge in [-0.1, -0.05) is 90.1 Å². The molecular weight excluding hydrogens is 296 g/mol. The number of benzene rings is 1. The minimum atomic E-state index is -0.603. The zero-order chi connectivity index (χ0) is 18.1. The topological polar surface area (TPSA) is 18.5 Å². The zero-order valence-electron chi connectivity index (χ0n) is 16.7. The van der Waals surface area contributed by atoms with Crippen molar-refractivity contribution in [1.29, 1.82) is 0 Å². The van der Waals surface area contributed by atoms with Crippen molar-refractivity contribution in [2.24, 2.45) is 5.41 Å². The first-order valence-electron chi connectivity index (χ1n) is 9.67. The molecule has 1 aromatic rings. The third-order valence-corrected chi connectivity index (χ3v) is 4.96. The Morgan fingerprint density at radius 3 is 2.04 bits per heavy atom. The second kappa shape index (κ2) is 10.2. The molecule has 1 aromatic carbocycles. The van der Waals surface area contributed by atoms with E-state index in [0.29, 0.717) is 6.61 Å². The highest BCUT2D eigenvalue weighted by atomic mass is 16.7. The molecule has 1 rings (SSSR count). The quantitative estimate of drug-likeness (QED) is 0.337. The van der Waals surface area contributed by atoms with Crippen LogP contribution in [0.2, 0.25) is 0 Å². The highest BCUT2D eigenvalue weighted by Crippen LogP contribution is 2.47. The molecule has 0 aliphatic rings. The van der Waals surface area contributed by atoms with Gasteiger partial charge in [-0.05, 0) is 18.9 Å². The first-order chi connectivity index (χ1) is 11.4. The van der Waals surface area contributed by atoms with Gasteiger partial charge < -0.3 is 9.47 Å². The average Bonchev–Trinajstić information content (AvgIpc) is 2.56. The first kappa shape index (κ1) is 21.2. The van der Waals surface area contributed by atoms with Gasteiger partial charge in [-0.25, -0.2) is 0 Å². The van der Waals surface area contributed by atoms with Crippen molar-refractivity contribution in [2.45, 2.75) is 84.8 Å². The van der Waals surface area contributed by atoms with E-state index in [4.69, 9.17) is 9.47 Å². The highest BCUT2D eigenvalue weighted by Gasteiger charge is 2.50. The summed E-state index contributed by atoms with van der Waals surface area (Å²) in [5, 5.41) is 0. The van der Waals surface area contributed by atoms with Crippen LogP contribution in [0.15, 0.2) is 30.3 Å². The van der Waals surface area contributed by atoms with Crippen LogP contribution in [0.1, 0.15) is 84.6 Å². The van der Waals surface area contributed by atoms with Gasteiger partial charge in [-0.2, -0.15) is 0 Å². The normalized spacial score (nSPS) is 15.9. The van der Waals surface area contributed by atoms with Gasteiger partial charge in [0.05, 0.1) is 0 Å². The lowest BCUT2D eigenvalue weighted by Crippen LogP contribution is -2.52. The van der Waals surface area contributed by atoms with Crippen LogP contribution in [0, 0.1) is 5.41 Å². The lowest BCUT2D eigenvalue weighted by molar-refractivity contribution is -0.289. The monoisotopic (exact) mass is 334 g/mol. The van der Waals surface area contributed by atoms with E-state index in [1.54, 1.807) is 7.11 Å². The fraction of sp³-hybridized carbons (Fsp3) is 0.727. The first-order valence-corrected chi connectivity index (χ1v) is 9.67. The maximum Gasteiger partial charge on any atom is 0.179 e. The number of hydrogen-bond acceptors (Lipinski definition) is 2. The Labute approximate surface area is 149 Å². The van der Waals surface area contributed by atoms with E-state index < -0.39 is 5.79 Å². The summed E-state index contributed by atoms with van der Waals surface area (Å²) < 4.78 is 12.4. The maximum absolute atomic E-state index is 6.32. The molecule has 2 heteroatoms. The van der Waals surface area contributed by atoms with Crippen LogP contribution in [0.25, 0.3) is 0 Å². The van der Waals surface area contributed by atoms with Gasteiger partial charge in [0.1, 0.15) is 0 Å². The predicted octanol–water partition coefficient (Wildman–Crippen LogP) is 6.56. The Morgan fingerprint density at radius 1 is 0.917 bits per heavy atom. The van der Waals surface area contributed by atoms with Gasteiger partial charge in [0.15, 0.2) is 5.79 Å². The van der Waals surface area contributed by atoms with Gasteiger partial charge in [0.2, 0.25) is 0 Å². The number of methoxy groups -OCH3 is 1. The second-order valence-corrected chi connectivity index (χ2v) is 7.72. The molecule has 138 valence electrons. The van der Waals surface area contributed by atoms with E-state index in [1.165, 1.54) is 37.7 Å². The summed E-state index contributed by atoms with van der Waals surface area (Å²) in [6, 6.07) is 10.8. The zero-order valence-corrected chi connectivity index (χ0v) is 16.7. The van der Waals surface area contributed by atoms with Gasteiger partial charge in [0, 0.05) is 25.0 Å². The molecule has 0 aliphatic carbocycles. The lowest BCUT2D eigenvalue weighted by atomic mass is 9.72. The lowest BCUT2D eigenvalue weighted by Gasteiger charge is -2.48.